The number of nitrogens with two attached hydrogens (primary N) is 1. The average molecular weight is 418 g/mol. The Morgan fingerprint density at radius 2 is 1.63 bits per heavy atom. The number of carbonyl (C=O) groups excluding carboxylic acids is 2. The van der Waals surface area contributed by atoms with Crippen LogP contribution in [0.4, 0.5) is 11.4 Å². The predicted octanol–water partition coefficient (Wildman–Crippen LogP) is 4.67. The van der Waals surface area contributed by atoms with E-state index >= 15 is 0 Å². The maximum Gasteiger partial charge on any atom is 0.261 e. The molecule has 0 bridgehead atoms. The monoisotopic (exact) mass is 417 g/mol. The molecule has 6 nitrogen and oxygen atoms in total. The lowest BCUT2D eigenvalue weighted by atomic mass is 10.1. The zero-order valence-electron chi connectivity index (χ0n) is 15.6. The standard InChI is InChI=1S/C23H16ClN3O3/c24-16-7-11-17(12-8-16)26-22(29)19-13-15-3-1-2-4-20(15)30-23(19)27-18-9-5-14(6-10-18)21(25)28/h1-13H,(H2,25,28)(H,26,29). The van der Waals surface area contributed by atoms with E-state index in [1.807, 2.05) is 18.2 Å². The van der Waals surface area contributed by atoms with Crippen molar-refractivity contribution in [3.8, 4) is 0 Å². The first kappa shape index (κ1) is 19.4. The molecule has 0 atom stereocenters. The van der Waals surface area contributed by atoms with Crippen molar-refractivity contribution in [2.24, 2.45) is 10.7 Å². The molecule has 0 aliphatic heterocycles. The third-order valence-corrected chi connectivity index (χ3v) is 4.64. The van der Waals surface area contributed by atoms with Crippen LogP contribution in [-0.4, -0.2) is 11.8 Å². The number of hydrogen-bond donors (Lipinski definition) is 2. The molecule has 0 radical (unpaired) electrons. The van der Waals surface area contributed by atoms with Gasteiger partial charge in [0.25, 0.3) is 5.91 Å². The molecule has 0 saturated carbocycles. The average Bonchev–Trinajstić information content (AvgIpc) is 2.75. The number of hydrogen-bond acceptors (Lipinski definition) is 4. The third kappa shape index (κ3) is 4.24. The number of halogens is 1. The van der Waals surface area contributed by atoms with Gasteiger partial charge >= 0.3 is 0 Å². The van der Waals surface area contributed by atoms with Crippen molar-refractivity contribution in [3.63, 3.8) is 0 Å². The molecule has 1 aromatic heterocycles. The summed E-state index contributed by atoms with van der Waals surface area (Å²) in [6, 6.07) is 22.2. The van der Waals surface area contributed by atoms with Crippen LogP contribution in [0, 0.1) is 0 Å². The highest BCUT2D eigenvalue weighted by Crippen LogP contribution is 2.18. The van der Waals surface area contributed by atoms with Gasteiger partial charge in [0.2, 0.25) is 11.5 Å². The molecule has 7 heteroatoms. The normalized spacial score (nSPS) is 11.4. The van der Waals surface area contributed by atoms with Crippen molar-refractivity contribution < 1.29 is 14.0 Å². The Kier molecular flexibility index (Phi) is 5.32. The summed E-state index contributed by atoms with van der Waals surface area (Å²) in [5.74, 6) is -0.903. The number of nitrogens with one attached hydrogen (secondary N) is 1. The summed E-state index contributed by atoms with van der Waals surface area (Å²) in [6.45, 7) is 0. The van der Waals surface area contributed by atoms with Crippen LogP contribution in [0.1, 0.15) is 20.7 Å². The SMILES string of the molecule is NC(=O)c1ccc(N=c2oc3ccccc3cc2C(=O)Nc2ccc(Cl)cc2)cc1. The fourth-order valence-electron chi connectivity index (χ4n) is 2.86. The molecule has 4 rings (SSSR count). The second-order valence-electron chi connectivity index (χ2n) is 6.49. The van der Waals surface area contributed by atoms with E-state index in [0.29, 0.717) is 27.5 Å². The highest BCUT2D eigenvalue weighted by atomic mass is 35.5. The Balaban J connectivity index is 1.79. The predicted molar refractivity (Wildman–Crippen MR) is 116 cm³/mol. The molecule has 3 N–H and O–H groups in total. The summed E-state index contributed by atoms with van der Waals surface area (Å²) >= 11 is 5.91. The van der Waals surface area contributed by atoms with Gasteiger partial charge in [-0.3, -0.25) is 9.59 Å². The summed E-state index contributed by atoms with van der Waals surface area (Å²) in [7, 11) is 0. The number of primary amides is 1. The number of benzene rings is 3. The quantitative estimate of drug-likeness (QED) is 0.504. The summed E-state index contributed by atoms with van der Waals surface area (Å²) in [5.41, 5.74) is 7.75. The lowest BCUT2D eigenvalue weighted by Gasteiger charge is -2.07. The second kappa shape index (κ2) is 8.23. The van der Waals surface area contributed by atoms with Gasteiger partial charge in [0.15, 0.2) is 0 Å². The molecule has 0 fully saturated rings. The van der Waals surface area contributed by atoms with Crippen LogP contribution in [0.2, 0.25) is 5.02 Å². The van der Waals surface area contributed by atoms with Gasteiger partial charge in [-0.05, 0) is 60.7 Å². The van der Waals surface area contributed by atoms with E-state index in [1.165, 1.54) is 0 Å². The van der Waals surface area contributed by atoms with Crippen LogP contribution >= 0.6 is 11.6 Å². The minimum Gasteiger partial charge on any atom is -0.438 e. The molecular formula is C23H16ClN3O3. The van der Waals surface area contributed by atoms with Gasteiger partial charge in [0, 0.05) is 21.7 Å². The minimum atomic E-state index is -0.528. The Bertz CT molecular complexity index is 1310. The zero-order valence-corrected chi connectivity index (χ0v) is 16.4. The number of rotatable bonds is 4. The molecule has 3 aromatic carbocycles. The van der Waals surface area contributed by atoms with Crippen LogP contribution in [0.15, 0.2) is 88.3 Å². The van der Waals surface area contributed by atoms with E-state index in [0.717, 1.165) is 5.39 Å². The van der Waals surface area contributed by atoms with Gasteiger partial charge in [0.1, 0.15) is 11.1 Å². The van der Waals surface area contributed by atoms with Crippen LogP contribution in [0.5, 0.6) is 0 Å². The zero-order chi connectivity index (χ0) is 21.1. The van der Waals surface area contributed by atoms with E-state index in [2.05, 4.69) is 10.3 Å². The van der Waals surface area contributed by atoms with Crippen LogP contribution in [0.3, 0.4) is 0 Å². The molecule has 0 aliphatic carbocycles. The number of carbonyl (C=O) groups is 2. The minimum absolute atomic E-state index is 0.145. The van der Waals surface area contributed by atoms with Crippen LogP contribution in [-0.2, 0) is 0 Å². The maximum absolute atomic E-state index is 13.0. The number of fused-ring (bicyclic) bond motifs is 1. The first-order valence-electron chi connectivity index (χ1n) is 9.04. The fraction of sp³-hybridized carbons (Fsp3) is 0. The fourth-order valence-corrected chi connectivity index (χ4v) is 2.99. The van der Waals surface area contributed by atoms with E-state index in [9.17, 15) is 9.59 Å². The van der Waals surface area contributed by atoms with Crippen LogP contribution in [0.25, 0.3) is 11.0 Å². The molecule has 0 saturated heterocycles. The van der Waals surface area contributed by atoms with Gasteiger partial charge in [-0.15, -0.1) is 0 Å². The molecule has 2 amide bonds. The maximum atomic E-state index is 13.0. The molecule has 30 heavy (non-hydrogen) atoms. The van der Waals surface area contributed by atoms with E-state index in [4.69, 9.17) is 21.8 Å². The first-order valence-corrected chi connectivity index (χ1v) is 9.42. The summed E-state index contributed by atoms with van der Waals surface area (Å²) in [4.78, 5) is 28.7. The lowest BCUT2D eigenvalue weighted by Crippen LogP contribution is -2.21. The van der Waals surface area contributed by atoms with Crippen molar-refractivity contribution in [3.05, 3.63) is 101 Å². The second-order valence-corrected chi connectivity index (χ2v) is 6.92. The largest absolute Gasteiger partial charge is 0.438 e. The Morgan fingerprint density at radius 3 is 2.33 bits per heavy atom. The Hall–Kier alpha value is -3.90. The number of anilines is 1. The van der Waals surface area contributed by atoms with E-state index < -0.39 is 5.91 Å². The van der Waals surface area contributed by atoms with Crippen molar-refractivity contribution in [2.45, 2.75) is 0 Å². The highest BCUT2D eigenvalue weighted by Gasteiger charge is 2.13. The summed E-state index contributed by atoms with van der Waals surface area (Å²) in [6.07, 6.45) is 0. The van der Waals surface area contributed by atoms with Gasteiger partial charge < -0.3 is 15.5 Å². The van der Waals surface area contributed by atoms with Gasteiger partial charge in [-0.1, -0.05) is 29.8 Å². The molecule has 1 heterocycles. The lowest BCUT2D eigenvalue weighted by molar-refractivity contribution is 0.0997. The number of amides is 2. The topological polar surface area (TPSA) is 97.7 Å². The molecule has 0 unspecified atom stereocenters. The molecule has 4 aromatic rings. The van der Waals surface area contributed by atoms with Crippen LogP contribution < -0.4 is 16.6 Å². The number of para-hydroxylation sites is 1. The van der Waals surface area contributed by atoms with Crippen molar-refractivity contribution in [2.75, 3.05) is 5.32 Å². The highest BCUT2D eigenvalue weighted by molar-refractivity contribution is 6.30. The summed E-state index contributed by atoms with van der Waals surface area (Å²) < 4.78 is 5.91. The molecule has 0 spiro atoms. The van der Waals surface area contributed by atoms with E-state index in [-0.39, 0.29) is 17.0 Å². The molecule has 148 valence electrons. The first-order chi connectivity index (χ1) is 14.5. The van der Waals surface area contributed by atoms with Gasteiger partial charge in [-0.2, -0.15) is 0 Å². The third-order valence-electron chi connectivity index (χ3n) is 4.39. The van der Waals surface area contributed by atoms with E-state index in [1.54, 1.807) is 60.7 Å². The molecule has 0 aliphatic rings. The van der Waals surface area contributed by atoms with Crippen molar-refractivity contribution in [1.29, 1.82) is 0 Å². The Morgan fingerprint density at radius 1 is 0.933 bits per heavy atom. The molecular weight excluding hydrogens is 402 g/mol. The van der Waals surface area contributed by atoms with Gasteiger partial charge in [-0.25, -0.2) is 4.99 Å². The van der Waals surface area contributed by atoms with Crippen molar-refractivity contribution >= 4 is 45.8 Å². The Labute approximate surface area is 176 Å². The number of nitrogens with zero attached hydrogens (tertiary/aromatic N) is 1. The van der Waals surface area contributed by atoms with Crippen molar-refractivity contribution in [1.82, 2.24) is 0 Å². The van der Waals surface area contributed by atoms with Gasteiger partial charge in [0.05, 0.1) is 5.69 Å². The summed E-state index contributed by atoms with van der Waals surface area (Å²) in [5, 5.41) is 4.16. The smallest absolute Gasteiger partial charge is 0.261 e.